The van der Waals surface area contributed by atoms with E-state index >= 15 is 0 Å². The predicted molar refractivity (Wildman–Crippen MR) is 79.3 cm³/mol. The highest BCUT2D eigenvalue weighted by Gasteiger charge is 2.17. The SMILES string of the molecule is CCCCC(C=C(CC(=O)OCC)C(=O)OCC)CC. The lowest BCUT2D eigenvalue weighted by Crippen LogP contribution is -2.15. The van der Waals surface area contributed by atoms with Gasteiger partial charge in [0.15, 0.2) is 0 Å². The van der Waals surface area contributed by atoms with Crippen LogP contribution < -0.4 is 0 Å². The smallest absolute Gasteiger partial charge is 0.334 e. The van der Waals surface area contributed by atoms with E-state index in [0.717, 1.165) is 25.7 Å². The number of rotatable bonds is 10. The summed E-state index contributed by atoms with van der Waals surface area (Å²) in [6.45, 7) is 8.37. The Labute approximate surface area is 122 Å². The molecular formula is C16H28O4. The van der Waals surface area contributed by atoms with Gasteiger partial charge in [0.05, 0.1) is 19.6 Å². The van der Waals surface area contributed by atoms with Gasteiger partial charge in [-0.2, -0.15) is 0 Å². The summed E-state index contributed by atoms with van der Waals surface area (Å²) >= 11 is 0. The quantitative estimate of drug-likeness (QED) is 0.454. The average Bonchev–Trinajstić information content (AvgIpc) is 2.42. The molecule has 0 amide bonds. The number of hydrogen-bond acceptors (Lipinski definition) is 4. The van der Waals surface area contributed by atoms with Crippen LogP contribution in [0.25, 0.3) is 0 Å². The first-order valence-electron chi connectivity index (χ1n) is 7.62. The lowest BCUT2D eigenvalue weighted by molar-refractivity contribution is -0.145. The molecule has 0 rings (SSSR count). The van der Waals surface area contributed by atoms with E-state index in [9.17, 15) is 9.59 Å². The molecule has 0 N–H and O–H groups in total. The summed E-state index contributed by atoms with van der Waals surface area (Å²) in [6, 6.07) is 0. The third kappa shape index (κ3) is 7.97. The van der Waals surface area contributed by atoms with Gasteiger partial charge in [0, 0.05) is 5.57 Å². The lowest BCUT2D eigenvalue weighted by atomic mass is 9.95. The van der Waals surface area contributed by atoms with Gasteiger partial charge in [-0.05, 0) is 32.6 Å². The van der Waals surface area contributed by atoms with Crippen LogP contribution in [0.5, 0.6) is 0 Å². The first kappa shape index (κ1) is 18.7. The van der Waals surface area contributed by atoms with E-state index in [1.807, 2.05) is 6.08 Å². The number of carbonyl (C=O) groups excluding carboxylic acids is 2. The number of allylic oxidation sites excluding steroid dienone is 1. The summed E-state index contributed by atoms with van der Waals surface area (Å²) in [4.78, 5) is 23.5. The van der Waals surface area contributed by atoms with Crippen molar-refractivity contribution in [3.63, 3.8) is 0 Å². The van der Waals surface area contributed by atoms with Crippen LogP contribution in [0, 0.1) is 5.92 Å². The second kappa shape index (κ2) is 11.5. The van der Waals surface area contributed by atoms with Crippen molar-refractivity contribution in [1.29, 1.82) is 0 Å². The fraction of sp³-hybridized carbons (Fsp3) is 0.750. The third-order valence-electron chi connectivity index (χ3n) is 3.07. The first-order valence-corrected chi connectivity index (χ1v) is 7.62. The molecule has 0 aromatic rings. The molecule has 0 saturated carbocycles. The predicted octanol–water partition coefficient (Wildman–Crippen LogP) is 3.65. The van der Waals surface area contributed by atoms with Crippen molar-refractivity contribution in [2.45, 2.75) is 59.8 Å². The summed E-state index contributed by atoms with van der Waals surface area (Å²) in [5, 5.41) is 0. The van der Waals surface area contributed by atoms with E-state index < -0.39 is 5.97 Å². The normalized spacial score (nSPS) is 12.9. The molecule has 4 nitrogen and oxygen atoms in total. The Morgan fingerprint density at radius 3 is 2.20 bits per heavy atom. The molecular weight excluding hydrogens is 256 g/mol. The van der Waals surface area contributed by atoms with Crippen molar-refractivity contribution in [3.8, 4) is 0 Å². The molecule has 0 aliphatic rings. The maximum absolute atomic E-state index is 11.9. The molecule has 116 valence electrons. The summed E-state index contributed by atoms with van der Waals surface area (Å²) < 4.78 is 9.93. The van der Waals surface area contributed by atoms with Gasteiger partial charge >= 0.3 is 11.9 Å². The van der Waals surface area contributed by atoms with Gasteiger partial charge in [-0.25, -0.2) is 4.79 Å². The van der Waals surface area contributed by atoms with Crippen LogP contribution >= 0.6 is 0 Å². The molecule has 0 fully saturated rings. The molecule has 0 aliphatic heterocycles. The topological polar surface area (TPSA) is 52.6 Å². The molecule has 0 aromatic heterocycles. The van der Waals surface area contributed by atoms with Crippen LogP contribution in [0.1, 0.15) is 59.8 Å². The first-order chi connectivity index (χ1) is 9.58. The van der Waals surface area contributed by atoms with Crippen molar-refractivity contribution in [3.05, 3.63) is 11.6 Å². The fourth-order valence-corrected chi connectivity index (χ4v) is 1.95. The number of ether oxygens (including phenoxy) is 2. The van der Waals surface area contributed by atoms with Gasteiger partial charge in [-0.1, -0.05) is 32.8 Å². The minimum atomic E-state index is -0.407. The maximum atomic E-state index is 11.9. The van der Waals surface area contributed by atoms with Crippen LogP contribution in [0.4, 0.5) is 0 Å². The van der Waals surface area contributed by atoms with Crippen LogP contribution in [0.15, 0.2) is 11.6 Å². The van der Waals surface area contributed by atoms with E-state index in [0.29, 0.717) is 24.7 Å². The average molecular weight is 284 g/mol. The van der Waals surface area contributed by atoms with Crippen molar-refractivity contribution >= 4 is 11.9 Å². The molecule has 0 saturated heterocycles. The van der Waals surface area contributed by atoms with Crippen molar-refractivity contribution in [2.75, 3.05) is 13.2 Å². The molecule has 0 aliphatic carbocycles. The monoisotopic (exact) mass is 284 g/mol. The number of hydrogen-bond donors (Lipinski definition) is 0. The Hall–Kier alpha value is -1.32. The molecule has 4 heteroatoms. The fourth-order valence-electron chi connectivity index (χ4n) is 1.95. The number of esters is 2. The molecule has 0 bridgehead atoms. The zero-order chi connectivity index (χ0) is 15.4. The minimum absolute atomic E-state index is 0.00466. The second-order valence-corrected chi connectivity index (χ2v) is 4.70. The Balaban J connectivity index is 4.87. The van der Waals surface area contributed by atoms with Gasteiger partial charge in [0.2, 0.25) is 0 Å². The van der Waals surface area contributed by atoms with Crippen molar-refractivity contribution < 1.29 is 19.1 Å². The summed E-state index contributed by atoms with van der Waals surface area (Å²) in [6.07, 6.45) is 6.10. The highest BCUT2D eigenvalue weighted by molar-refractivity contribution is 5.93. The molecule has 1 atom stereocenters. The summed E-state index contributed by atoms with van der Waals surface area (Å²) in [5.74, 6) is -0.476. The molecule has 0 aromatic carbocycles. The van der Waals surface area contributed by atoms with Gasteiger partial charge in [-0.15, -0.1) is 0 Å². The summed E-state index contributed by atoms with van der Waals surface area (Å²) in [5.41, 5.74) is 0.424. The van der Waals surface area contributed by atoms with Crippen molar-refractivity contribution in [2.24, 2.45) is 5.92 Å². The Kier molecular flexibility index (Phi) is 10.7. The second-order valence-electron chi connectivity index (χ2n) is 4.70. The van der Waals surface area contributed by atoms with E-state index in [-0.39, 0.29) is 12.4 Å². The summed E-state index contributed by atoms with van der Waals surface area (Å²) in [7, 11) is 0. The Bertz CT molecular complexity index is 320. The van der Waals surface area contributed by atoms with E-state index in [2.05, 4.69) is 13.8 Å². The third-order valence-corrected chi connectivity index (χ3v) is 3.07. The standard InChI is InChI=1S/C16H28O4/c1-5-9-10-13(6-2)11-14(16(18)20-8-4)12-15(17)19-7-3/h11,13H,5-10,12H2,1-4H3. The zero-order valence-electron chi connectivity index (χ0n) is 13.2. The molecule has 20 heavy (non-hydrogen) atoms. The number of unbranched alkanes of at least 4 members (excludes halogenated alkanes) is 1. The van der Waals surface area contributed by atoms with E-state index in [4.69, 9.17) is 9.47 Å². The molecule has 0 spiro atoms. The Morgan fingerprint density at radius 2 is 1.70 bits per heavy atom. The van der Waals surface area contributed by atoms with Gasteiger partial charge in [0.25, 0.3) is 0 Å². The number of carbonyl (C=O) groups is 2. The van der Waals surface area contributed by atoms with Crippen molar-refractivity contribution in [1.82, 2.24) is 0 Å². The highest BCUT2D eigenvalue weighted by Crippen LogP contribution is 2.18. The van der Waals surface area contributed by atoms with Crippen LogP contribution in [0.2, 0.25) is 0 Å². The van der Waals surface area contributed by atoms with E-state index in [1.54, 1.807) is 13.8 Å². The molecule has 0 radical (unpaired) electrons. The van der Waals surface area contributed by atoms with E-state index in [1.165, 1.54) is 0 Å². The largest absolute Gasteiger partial charge is 0.466 e. The highest BCUT2D eigenvalue weighted by atomic mass is 16.5. The molecule has 0 heterocycles. The van der Waals surface area contributed by atoms with Crippen LogP contribution in [0.3, 0.4) is 0 Å². The lowest BCUT2D eigenvalue weighted by Gasteiger charge is -2.13. The Morgan fingerprint density at radius 1 is 1.05 bits per heavy atom. The van der Waals surface area contributed by atoms with Gasteiger partial charge in [0.1, 0.15) is 0 Å². The van der Waals surface area contributed by atoms with Crippen LogP contribution in [-0.2, 0) is 19.1 Å². The van der Waals surface area contributed by atoms with Gasteiger partial charge in [-0.3, -0.25) is 4.79 Å². The zero-order valence-corrected chi connectivity index (χ0v) is 13.2. The van der Waals surface area contributed by atoms with Gasteiger partial charge < -0.3 is 9.47 Å². The van der Waals surface area contributed by atoms with Crippen LogP contribution in [-0.4, -0.2) is 25.2 Å². The molecule has 1 unspecified atom stereocenters. The maximum Gasteiger partial charge on any atom is 0.334 e. The minimum Gasteiger partial charge on any atom is -0.466 e.